The van der Waals surface area contributed by atoms with Gasteiger partial charge in [-0.15, -0.1) is 0 Å². The third-order valence-corrected chi connectivity index (χ3v) is 1.97. The molecule has 0 amide bonds. The first-order chi connectivity index (χ1) is 6.31. The van der Waals surface area contributed by atoms with Crippen molar-refractivity contribution in [2.75, 3.05) is 0 Å². The first-order valence-corrected chi connectivity index (χ1v) is 4.01. The zero-order valence-electron chi connectivity index (χ0n) is 7.07. The lowest BCUT2D eigenvalue weighted by Gasteiger charge is -2.01. The van der Waals surface area contributed by atoms with Gasteiger partial charge in [-0.05, 0) is 29.7 Å². The van der Waals surface area contributed by atoms with E-state index >= 15 is 0 Å². The Hall–Kier alpha value is -1.83. The molecule has 1 heterocycles. The van der Waals surface area contributed by atoms with Crippen molar-refractivity contribution in [2.24, 2.45) is 0 Å². The lowest BCUT2D eigenvalue weighted by Crippen LogP contribution is -1.82. The van der Waals surface area contributed by atoms with Gasteiger partial charge in [0.05, 0.1) is 5.69 Å². The number of fused-ring (bicyclic) bond motifs is 1. The van der Waals surface area contributed by atoms with Crippen molar-refractivity contribution in [3.63, 3.8) is 0 Å². The van der Waals surface area contributed by atoms with Gasteiger partial charge in [0.2, 0.25) is 0 Å². The van der Waals surface area contributed by atoms with E-state index in [-0.39, 0.29) is 5.75 Å². The van der Waals surface area contributed by atoms with E-state index in [4.69, 9.17) is 0 Å². The number of pyridine rings is 1. The molecule has 0 aliphatic heterocycles. The average Bonchev–Trinajstić information content (AvgIpc) is 2.17. The van der Waals surface area contributed by atoms with E-state index in [9.17, 15) is 5.11 Å². The number of aromatic nitrogens is 1. The predicted molar refractivity (Wildman–Crippen MR) is 53.5 cm³/mol. The van der Waals surface area contributed by atoms with Crippen molar-refractivity contribution in [2.45, 2.75) is 0 Å². The molecule has 2 nitrogen and oxygen atoms in total. The van der Waals surface area contributed by atoms with Gasteiger partial charge in [0.1, 0.15) is 5.75 Å². The van der Waals surface area contributed by atoms with E-state index in [0.29, 0.717) is 0 Å². The Morgan fingerprint density at radius 1 is 1.31 bits per heavy atom. The summed E-state index contributed by atoms with van der Waals surface area (Å²) in [7, 11) is 0. The summed E-state index contributed by atoms with van der Waals surface area (Å²) in [5, 5.41) is 11.3. The van der Waals surface area contributed by atoms with Crippen molar-refractivity contribution in [1.82, 2.24) is 4.98 Å². The highest BCUT2D eigenvalue weighted by atomic mass is 16.3. The number of phenolic OH excluding ortho intramolecular Hbond substituents is 1. The number of aromatic hydroxyl groups is 1. The van der Waals surface area contributed by atoms with E-state index in [1.807, 2.05) is 12.1 Å². The number of hydrogen-bond acceptors (Lipinski definition) is 2. The van der Waals surface area contributed by atoms with Crippen LogP contribution < -0.4 is 0 Å². The summed E-state index contributed by atoms with van der Waals surface area (Å²) in [6, 6.07) is 7.12. The molecule has 0 saturated heterocycles. The molecule has 2 heteroatoms. The number of phenols is 1. The molecule has 1 aromatic heterocycles. The SMILES string of the molecule is C=Cc1nccc2ccc(O)cc12. The normalized spacial score (nSPS) is 10.2. The van der Waals surface area contributed by atoms with E-state index in [1.165, 1.54) is 0 Å². The van der Waals surface area contributed by atoms with Crippen LogP contribution in [0, 0.1) is 0 Å². The van der Waals surface area contributed by atoms with Crippen LogP contribution in [-0.2, 0) is 0 Å². The molecular weight excluding hydrogens is 162 g/mol. The molecule has 0 spiro atoms. The molecule has 0 saturated carbocycles. The van der Waals surface area contributed by atoms with Gasteiger partial charge in [-0.3, -0.25) is 4.98 Å². The maximum absolute atomic E-state index is 9.29. The lowest BCUT2D eigenvalue weighted by atomic mass is 10.1. The summed E-state index contributed by atoms with van der Waals surface area (Å²) in [5.74, 6) is 0.253. The lowest BCUT2D eigenvalue weighted by molar-refractivity contribution is 0.476. The highest BCUT2D eigenvalue weighted by molar-refractivity contribution is 5.89. The maximum Gasteiger partial charge on any atom is 0.116 e. The first-order valence-electron chi connectivity index (χ1n) is 4.01. The summed E-state index contributed by atoms with van der Waals surface area (Å²) in [4.78, 5) is 4.14. The minimum Gasteiger partial charge on any atom is -0.508 e. The Kier molecular flexibility index (Phi) is 1.74. The smallest absolute Gasteiger partial charge is 0.116 e. The van der Waals surface area contributed by atoms with Gasteiger partial charge in [-0.25, -0.2) is 0 Å². The fraction of sp³-hybridized carbons (Fsp3) is 0. The fourth-order valence-electron chi connectivity index (χ4n) is 1.34. The summed E-state index contributed by atoms with van der Waals surface area (Å²) >= 11 is 0. The standard InChI is InChI=1S/C11H9NO/c1-2-11-10-7-9(13)4-3-8(10)5-6-12-11/h2-7,13H,1H2. The molecule has 0 atom stereocenters. The third-order valence-electron chi connectivity index (χ3n) is 1.97. The third kappa shape index (κ3) is 1.26. The van der Waals surface area contributed by atoms with Gasteiger partial charge < -0.3 is 5.11 Å². The average molecular weight is 171 g/mol. The highest BCUT2D eigenvalue weighted by Crippen LogP contribution is 2.22. The van der Waals surface area contributed by atoms with E-state index in [2.05, 4.69) is 11.6 Å². The Morgan fingerprint density at radius 3 is 2.92 bits per heavy atom. The van der Waals surface area contributed by atoms with Crippen LogP contribution in [-0.4, -0.2) is 10.1 Å². The van der Waals surface area contributed by atoms with Crippen molar-refractivity contribution in [3.05, 3.63) is 42.7 Å². The number of hydrogen-bond donors (Lipinski definition) is 1. The van der Waals surface area contributed by atoms with Crippen LogP contribution in [0.4, 0.5) is 0 Å². The van der Waals surface area contributed by atoms with Crippen LogP contribution in [0.3, 0.4) is 0 Å². The molecule has 1 N–H and O–H groups in total. The van der Waals surface area contributed by atoms with Crippen LogP contribution in [0.2, 0.25) is 0 Å². The summed E-state index contributed by atoms with van der Waals surface area (Å²) in [5.41, 5.74) is 0.799. The molecular formula is C11H9NO. The Balaban J connectivity index is 2.86. The number of nitrogens with zero attached hydrogens (tertiary/aromatic N) is 1. The van der Waals surface area contributed by atoms with Gasteiger partial charge in [-0.1, -0.05) is 12.6 Å². The Bertz CT molecular complexity index is 463. The zero-order valence-corrected chi connectivity index (χ0v) is 7.07. The second kappa shape index (κ2) is 2.90. The fourth-order valence-corrected chi connectivity index (χ4v) is 1.34. The van der Waals surface area contributed by atoms with Crippen LogP contribution in [0.25, 0.3) is 16.8 Å². The minimum atomic E-state index is 0.253. The van der Waals surface area contributed by atoms with Crippen LogP contribution in [0.1, 0.15) is 5.69 Å². The molecule has 0 bridgehead atoms. The molecule has 0 unspecified atom stereocenters. The molecule has 0 aliphatic carbocycles. The molecule has 2 rings (SSSR count). The monoisotopic (exact) mass is 171 g/mol. The van der Waals surface area contributed by atoms with Gasteiger partial charge >= 0.3 is 0 Å². The summed E-state index contributed by atoms with van der Waals surface area (Å²) < 4.78 is 0. The molecule has 13 heavy (non-hydrogen) atoms. The molecule has 0 radical (unpaired) electrons. The highest BCUT2D eigenvalue weighted by Gasteiger charge is 1.99. The quantitative estimate of drug-likeness (QED) is 0.715. The molecule has 0 aliphatic rings. The van der Waals surface area contributed by atoms with Gasteiger partial charge in [0, 0.05) is 11.6 Å². The zero-order chi connectivity index (χ0) is 9.26. The second-order valence-electron chi connectivity index (χ2n) is 2.81. The second-order valence-corrected chi connectivity index (χ2v) is 2.81. The van der Waals surface area contributed by atoms with Crippen molar-refractivity contribution in [1.29, 1.82) is 0 Å². The Morgan fingerprint density at radius 2 is 2.15 bits per heavy atom. The van der Waals surface area contributed by atoms with Crippen molar-refractivity contribution >= 4 is 16.8 Å². The largest absolute Gasteiger partial charge is 0.508 e. The summed E-state index contributed by atoms with van der Waals surface area (Å²) in [6.07, 6.45) is 3.41. The predicted octanol–water partition coefficient (Wildman–Crippen LogP) is 2.58. The van der Waals surface area contributed by atoms with Crippen LogP contribution in [0.5, 0.6) is 5.75 Å². The van der Waals surface area contributed by atoms with E-state index < -0.39 is 0 Å². The first kappa shape index (κ1) is 7.80. The maximum atomic E-state index is 9.29. The molecule has 0 fully saturated rings. The molecule has 2 aromatic rings. The number of rotatable bonds is 1. The van der Waals surface area contributed by atoms with Gasteiger partial charge in [-0.2, -0.15) is 0 Å². The van der Waals surface area contributed by atoms with Crippen LogP contribution in [0.15, 0.2) is 37.0 Å². The summed E-state index contributed by atoms with van der Waals surface area (Å²) in [6.45, 7) is 3.67. The van der Waals surface area contributed by atoms with E-state index in [0.717, 1.165) is 16.5 Å². The topological polar surface area (TPSA) is 33.1 Å². The van der Waals surface area contributed by atoms with Crippen molar-refractivity contribution < 1.29 is 5.11 Å². The van der Waals surface area contributed by atoms with Gasteiger partial charge in [0.25, 0.3) is 0 Å². The Labute approximate surface area is 76.2 Å². The van der Waals surface area contributed by atoms with Crippen molar-refractivity contribution in [3.8, 4) is 5.75 Å². The number of benzene rings is 1. The minimum absolute atomic E-state index is 0.253. The van der Waals surface area contributed by atoms with Gasteiger partial charge in [0.15, 0.2) is 0 Å². The van der Waals surface area contributed by atoms with E-state index in [1.54, 1.807) is 24.4 Å². The molecule has 1 aromatic carbocycles. The molecule has 64 valence electrons. The van der Waals surface area contributed by atoms with Crippen LogP contribution >= 0.6 is 0 Å².